The second-order valence-corrected chi connectivity index (χ2v) is 5.67. The number of rotatable bonds is 6. The topological polar surface area (TPSA) is 32.3 Å². The van der Waals surface area contributed by atoms with Crippen LogP contribution in [-0.4, -0.2) is 18.3 Å². The summed E-state index contributed by atoms with van der Waals surface area (Å²) in [5, 5.41) is 12.4. The highest BCUT2D eigenvalue weighted by molar-refractivity contribution is 5.30. The minimum absolute atomic E-state index is 0.160. The van der Waals surface area contributed by atoms with Crippen molar-refractivity contribution in [1.29, 1.82) is 0 Å². The highest BCUT2D eigenvalue weighted by Gasteiger charge is 2.16. The van der Waals surface area contributed by atoms with Crippen LogP contribution in [0.5, 0.6) is 0 Å². The van der Waals surface area contributed by atoms with Crippen molar-refractivity contribution < 1.29 is 5.11 Å². The predicted octanol–water partition coefficient (Wildman–Crippen LogP) is 2.80. The molecule has 0 bridgehead atoms. The molecule has 0 aliphatic rings. The van der Waals surface area contributed by atoms with Crippen molar-refractivity contribution in [3.8, 4) is 0 Å². The van der Waals surface area contributed by atoms with Gasteiger partial charge in [-0.1, -0.05) is 37.6 Å². The zero-order chi connectivity index (χ0) is 12.9. The molecule has 2 nitrogen and oxygen atoms in total. The third kappa shape index (κ3) is 4.88. The molecule has 0 atom stereocenters. The molecule has 0 spiro atoms. The molecule has 96 valence electrons. The van der Waals surface area contributed by atoms with Crippen molar-refractivity contribution in [3.05, 3.63) is 34.9 Å². The maximum Gasteiger partial charge on any atom is 0.0436 e. The molecular formula is C15H25NO. The molecule has 0 aliphatic heterocycles. The van der Waals surface area contributed by atoms with Crippen molar-refractivity contribution in [1.82, 2.24) is 5.32 Å². The van der Waals surface area contributed by atoms with Crippen molar-refractivity contribution in [2.75, 3.05) is 13.2 Å². The van der Waals surface area contributed by atoms with Gasteiger partial charge in [-0.3, -0.25) is 0 Å². The molecular weight excluding hydrogens is 210 g/mol. The van der Waals surface area contributed by atoms with Crippen molar-refractivity contribution >= 4 is 0 Å². The third-order valence-corrected chi connectivity index (χ3v) is 3.21. The Morgan fingerprint density at radius 2 is 1.94 bits per heavy atom. The van der Waals surface area contributed by atoms with Gasteiger partial charge in [0.1, 0.15) is 0 Å². The zero-order valence-electron chi connectivity index (χ0n) is 11.5. The molecule has 17 heavy (non-hydrogen) atoms. The highest BCUT2D eigenvalue weighted by atomic mass is 16.3. The summed E-state index contributed by atoms with van der Waals surface area (Å²) < 4.78 is 0. The quantitative estimate of drug-likeness (QED) is 0.794. The number of aliphatic hydroxyl groups excluding tert-OH is 1. The van der Waals surface area contributed by atoms with Gasteiger partial charge in [-0.05, 0) is 36.8 Å². The normalized spacial score (nSPS) is 11.8. The Morgan fingerprint density at radius 1 is 1.24 bits per heavy atom. The number of hydrogen-bond acceptors (Lipinski definition) is 2. The lowest BCUT2D eigenvalue weighted by atomic mass is 9.89. The van der Waals surface area contributed by atoms with Crippen LogP contribution < -0.4 is 5.32 Å². The van der Waals surface area contributed by atoms with Crippen LogP contribution in [-0.2, 0) is 6.54 Å². The van der Waals surface area contributed by atoms with Crippen LogP contribution in [0.25, 0.3) is 0 Å². The first-order valence-electron chi connectivity index (χ1n) is 6.32. The molecule has 1 aromatic rings. The molecule has 0 saturated heterocycles. The van der Waals surface area contributed by atoms with E-state index in [1.54, 1.807) is 0 Å². The van der Waals surface area contributed by atoms with Gasteiger partial charge in [0.15, 0.2) is 0 Å². The van der Waals surface area contributed by atoms with Gasteiger partial charge in [-0.2, -0.15) is 0 Å². The monoisotopic (exact) mass is 235 g/mol. The Labute approximate surface area is 105 Å². The Bertz CT molecular complexity index is 358. The largest absolute Gasteiger partial charge is 0.396 e. The lowest BCUT2D eigenvalue weighted by molar-refractivity contribution is 0.207. The van der Waals surface area contributed by atoms with Crippen molar-refractivity contribution in [2.24, 2.45) is 5.41 Å². The number of benzene rings is 1. The van der Waals surface area contributed by atoms with Crippen LogP contribution in [0.1, 0.15) is 37.0 Å². The third-order valence-electron chi connectivity index (χ3n) is 3.21. The van der Waals surface area contributed by atoms with Crippen LogP contribution >= 0.6 is 0 Å². The van der Waals surface area contributed by atoms with E-state index in [0.29, 0.717) is 0 Å². The minimum Gasteiger partial charge on any atom is -0.396 e. The summed E-state index contributed by atoms with van der Waals surface area (Å²) in [6.45, 7) is 10.7. The molecule has 0 aliphatic carbocycles. The van der Waals surface area contributed by atoms with Gasteiger partial charge in [-0.15, -0.1) is 0 Å². The first kappa shape index (κ1) is 14.2. The second-order valence-electron chi connectivity index (χ2n) is 5.67. The summed E-state index contributed by atoms with van der Waals surface area (Å²) in [5.41, 5.74) is 4.17. The number of hydrogen-bond donors (Lipinski definition) is 2. The highest BCUT2D eigenvalue weighted by Crippen LogP contribution is 2.18. The fraction of sp³-hybridized carbons (Fsp3) is 0.600. The van der Waals surface area contributed by atoms with E-state index in [2.05, 4.69) is 51.2 Å². The SMILES string of the molecule is Cc1ccc(CNCC(C)(C)CCO)c(C)c1. The molecule has 0 saturated carbocycles. The fourth-order valence-corrected chi connectivity index (χ4v) is 1.97. The Kier molecular flexibility index (Phi) is 5.16. The average Bonchev–Trinajstić information content (AvgIpc) is 2.21. The Morgan fingerprint density at radius 3 is 2.53 bits per heavy atom. The molecule has 1 rings (SSSR count). The van der Waals surface area contributed by atoms with Crippen LogP contribution in [0.15, 0.2) is 18.2 Å². The maximum absolute atomic E-state index is 8.97. The molecule has 0 heterocycles. The lowest BCUT2D eigenvalue weighted by Crippen LogP contribution is -2.30. The standard InChI is InChI=1S/C15H25NO/c1-12-5-6-14(13(2)9-12)10-16-11-15(3,4)7-8-17/h5-6,9,16-17H,7-8,10-11H2,1-4H3. The molecule has 2 N–H and O–H groups in total. The molecule has 2 heteroatoms. The van der Waals surface area contributed by atoms with Crippen LogP contribution in [0.3, 0.4) is 0 Å². The summed E-state index contributed by atoms with van der Waals surface area (Å²) in [5.74, 6) is 0. The van der Waals surface area contributed by atoms with Gasteiger partial charge in [0.05, 0.1) is 0 Å². The van der Waals surface area contributed by atoms with Gasteiger partial charge in [0, 0.05) is 19.7 Å². The molecule has 0 radical (unpaired) electrons. The van der Waals surface area contributed by atoms with Gasteiger partial charge >= 0.3 is 0 Å². The molecule has 0 aromatic heterocycles. The van der Waals surface area contributed by atoms with E-state index in [4.69, 9.17) is 5.11 Å². The lowest BCUT2D eigenvalue weighted by Gasteiger charge is -2.24. The van der Waals surface area contributed by atoms with Crippen molar-refractivity contribution in [2.45, 2.75) is 40.7 Å². The molecule has 1 aromatic carbocycles. The van der Waals surface area contributed by atoms with E-state index < -0.39 is 0 Å². The summed E-state index contributed by atoms with van der Waals surface area (Å²) in [6, 6.07) is 6.56. The maximum atomic E-state index is 8.97. The first-order valence-corrected chi connectivity index (χ1v) is 6.32. The van der Waals surface area contributed by atoms with Gasteiger partial charge in [-0.25, -0.2) is 0 Å². The van der Waals surface area contributed by atoms with Gasteiger partial charge < -0.3 is 10.4 Å². The summed E-state index contributed by atoms with van der Waals surface area (Å²) in [4.78, 5) is 0. The van der Waals surface area contributed by atoms with E-state index in [1.165, 1.54) is 16.7 Å². The van der Waals surface area contributed by atoms with E-state index in [0.717, 1.165) is 19.5 Å². The average molecular weight is 235 g/mol. The molecule has 0 amide bonds. The van der Waals surface area contributed by atoms with E-state index in [1.807, 2.05) is 0 Å². The van der Waals surface area contributed by atoms with Crippen LogP contribution in [0.4, 0.5) is 0 Å². The van der Waals surface area contributed by atoms with E-state index in [-0.39, 0.29) is 12.0 Å². The number of aliphatic hydroxyl groups is 1. The summed E-state index contributed by atoms with van der Waals surface area (Å²) >= 11 is 0. The minimum atomic E-state index is 0.160. The summed E-state index contributed by atoms with van der Waals surface area (Å²) in [6.07, 6.45) is 0.840. The smallest absolute Gasteiger partial charge is 0.0436 e. The van der Waals surface area contributed by atoms with Crippen LogP contribution in [0.2, 0.25) is 0 Å². The Hall–Kier alpha value is -0.860. The number of aryl methyl sites for hydroxylation is 2. The van der Waals surface area contributed by atoms with Gasteiger partial charge in [0.2, 0.25) is 0 Å². The summed E-state index contributed by atoms with van der Waals surface area (Å²) in [7, 11) is 0. The van der Waals surface area contributed by atoms with Gasteiger partial charge in [0.25, 0.3) is 0 Å². The number of nitrogens with one attached hydrogen (secondary N) is 1. The Balaban J connectivity index is 2.46. The molecule has 0 unspecified atom stereocenters. The van der Waals surface area contributed by atoms with E-state index >= 15 is 0 Å². The zero-order valence-corrected chi connectivity index (χ0v) is 11.5. The second kappa shape index (κ2) is 6.18. The van der Waals surface area contributed by atoms with E-state index in [9.17, 15) is 0 Å². The van der Waals surface area contributed by atoms with Crippen LogP contribution in [0, 0.1) is 19.3 Å². The molecule has 0 fully saturated rings. The van der Waals surface area contributed by atoms with Crippen molar-refractivity contribution in [3.63, 3.8) is 0 Å². The first-order chi connectivity index (χ1) is 7.94. The predicted molar refractivity (Wildman–Crippen MR) is 73.1 cm³/mol. The fourth-order valence-electron chi connectivity index (χ4n) is 1.97.